The van der Waals surface area contributed by atoms with Crippen LogP contribution in [0, 0.1) is 0 Å². The van der Waals surface area contributed by atoms with Crippen molar-refractivity contribution in [1.82, 2.24) is 9.88 Å². The summed E-state index contributed by atoms with van der Waals surface area (Å²) in [5.41, 5.74) is 3.61. The van der Waals surface area contributed by atoms with Gasteiger partial charge in [0.15, 0.2) is 0 Å². The highest BCUT2D eigenvalue weighted by Gasteiger charge is 2.27. The molecule has 1 N–H and O–H groups in total. The molecular formula is C24H28N6O3. The maximum Gasteiger partial charge on any atom is 0.272 e. The van der Waals surface area contributed by atoms with Crippen LogP contribution in [0.1, 0.15) is 19.8 Å². The van der Waals surface area contributed by atoms with Crippen LogP contribution >= 0.6 is 0 Å². The number of nitrogens with zero attached hydrogens (tertiary/aromatic N) is 5. The Balaban J connectivity index is 1.12. The average molecular weight is 449 g/mol. The Morgan fingerprint density at radius 2 is 2.06 bits per heavy atom. The van der Waals surface area contributed by atoms with Gasteiger partial charge in [0.1, 0.15) is 18.0 Å². The second kappa shape index (κ2) is 9.36. The van der Waals surface area contributed by atoms with E-state index in [9.17, 15) is 9.59 Å². The molecule has 4 aliphatic rings. The minimum atomic E-state index is -0.342. The average Bonchev–Trinajstić information content (AvgIpc) is 2.78. The van der Waals surface area contributed by atoms with Gasteiger partial charge in [-0.3, -0.25) is 19.5 Å². The summed E-state index contributed by atoms with van der Waals surface area (Å²) >= 11 is 0. The van der Waals surface area contributed by atoms with Gasteiger partial charge in [-0.1, -0.05) is 6.92 Å². The smallest absolute Gasteiger partial charge is 0.272 e. The number of hydrogen-bond acceptors (Lipinski definition) is 7. The first kappa shape index (κ1) is 21.7. The number of dihydropyridines is 2. The molecule has 0 aliphatic carbocycles. The van der Waals surface area contributed by atoms with Crippen molar-refractivity contribution >= 4 is 35.2 Å². The van der Waals surface area contributed by atoms with E-state index in [1.807, 2.05) is 37.4 Å². The Labute approximate surface area is 192 Å². The van der Waals surface area contributed by atoms with E-state index in [-0.39, 0.29) is 24.0 Å². The Bertz CT molecular complexity index is 1050. The van der Waals surface area contributed by atoms with Gasteiger partial charge in [-0.05, 0) is 36.3 Å². The maximum absolute atomic E-state index is 12.1. The summed E-state index contributed by atoms with van der Waals surface area (Å²) in [6.07, 6.45) is 8.77. The molecule has 0 bridgehead atoms. The summed E-state index contributed by atoms with van der Waals surface area (Å²) in [5, 5.41) is 2.80. The molecule has 2 amide bonds. The lowest BCUT2D eigenvalue weighted by Crippen LogP contribution is -2.47. The van der Waals surface area contributed by atoms with Gasteiger partial charge >= 0.3 is 0 Å². The van der Waals surface area contributed by atoms with Gasteiger partial charge in [-0.15, -0.1) is 0 Å². The third kappa shape index (κ3) is 4.79. The van der Waals surface area contributed by atoms with Crippen LogP contribution in [-0.2, 0) is 14.3 Å². The molecule has 0 aromatic carbocycles. The number of hydrogen-bond donors (Lipinski definition) is 1. The van der Waals surface area contributed by atoms with Gasteiger partial charge in [0.25, 0.3) is 11.8 Å². The lowest BCUT2D eigenvalue weighted by molar-refractivity contribution is -0.139. The first-order chi connectivity index (χ1) is 16.1. The predicted octanol–water partition coefficient (Wildman–Crippen LogP) is 1.63. The normalized spacial score (nSPS) is 24.9. The summed E-state index contributed by atoms with van der Waals surface area (Å²) in [7, 11) is 0. The zero-order valence-electron chi connectivity index (χ0n) is 18.7. The SMILES string of the molecule is CCC1=CC2N=CC(CN3CCN(c4ccc(NC(=O)[C@H]5CCO5)nc4)CC3)=CC2=NC1=O. The molecule has 2 atom stereocenters. The Morgan fingerprint density at radius 3 is 2.73 bits per heavy atom. The molecule has 0 spiro atoms. The fourth-order valence-electron chi connectivity index (χ4n) is 4.32. The van der Waals surface area contributed by atoms with Gasteiger partial charge in [0.05, 0.1) is 24.2 Å². The van der Waals surface area contributed by atoms with E-state index < -0.39 is 0 Å². The quantitative estimate of drug-likeness (QED) is 0.710. The standard InChI is InChI=1S/C24H28N6O3/c1-2-17-12-19-20(27-23(17)31)11-16(13-25-19)15-29-6-8-30(9-7-29)18-3-4-22(26-14-18)28-24(32)21-5-10-33-21/h3-4,11-14,19,21H,2,5-10,15H2,1H3,(H,26,28,32)/t19?,21-/m1/s1. The van der Waals surface area contributed by atoms with Gasteiger partial charge in [0.2, 0.25) is 0 Å². The molecule has 9 heteroatoms. The summed E-state index contributed by atoms with van der Waals surface area (Å²) in [6, 6.07) is 3.70. The largest absolute Gasteiger partial charge is 0.368 e. The number of amides is 2. The molecule has 0 saturated carbocycles. The fourth-order valence-corrected chi connectivity index (χ4v) is 4.32. The summed E-state index contributed by atoms with van der Waals surface area (Å²) < 4.78 is 5.20. The molecule has 1 aromatic heterocycles. The third-order valence-electron chi connectivity index (χ3n) is 6.42. The molecule has 0 radical (unpaired) electrons. The van der Waals surface area contributed by atoms with Crippen LogP contribution < -0.4 is 10.2 Å². The van der Waals surface area contributed by atoms with Crippen molar-refractivity contribution in [3.8, 4) is 0 Å². The van der Waals surface area contributed by atoms with E-state index in [0.717, 1.165) is 61.7 Å². The lowest BCUT2D eigenvalue weighted by atomic mass is 9.98. The number of nitrogens with one attached hydrogen (secondary N) is 1. The number of anilines is 2. The molecule has 9 nitrogen and oxygen atoms in total. The second-order valence-electron chi connectivity index (χ2n) is 8.63. The van der Waals surface area contributed by atoms with Crippen LogP contribution in [-0.4, -0.2) is 85.1 Å². The summed E-state index contributed by atoms with van der Waals surface area (Å²) in [5.74, 6) is 0.276. The van der Waals surface area contributed by atoms with Crippen LogP contribution in [0.3, 0.4) is 0 Å². The van der Waals surface area contributed by atoms with Gasteiger partial charge in [-0.25, -0.2) is 9.98 Å². The number of rotatable bonds is 6. The molecular weight excluding hydrogens is 420 g/mol. The molecule has 1 unspecified atom stereocenters. The molecule has 33 heavy (non-hydrogen) atoms. The van der Waals surface area contributed by atoms with Crippen LogP contribution in [0.4, 0.5) is 11.5 Å². The summed E-state index contributed by atoms with van der Waals surface area (Å²) in [6.45, 7) is 7.00. The van der Waals surface area contributed by atoms with E-state index >= 15 is 0 Å². The number of ether oxygens (including phenoxy) is 1. The number of piperazine rings is 1. The highest BCUT2D eigenvalue weighted by Crippen LogP contribution is 2.21. The van der Waals surface area contributed by atoms with Crippen LogP contribution in [0.25, 0.3) is 0 Å². The van der Waals surface area contributed by atoms with Crippen LogP contribution in [0.15, 0.2) is 51.6 Å². The lowest BCUT2D eigenvalue weighted by Gasteiger charge is -2.36. The third-order valence-corrected chi connectivity index (χ3v) is 6.42. The minimum Gasteiger partial charge on any atom is -0.368 e. The zero-order chi connectivity index (χ0) is 22.8. The number of aromatic nitrogens is 1. The first-order valence-corrected chi connectivity index (χ1v) is 11.5. The Morgan fingerprint density at radius 1 is 1.24 bits per heavy atom. The molecule has 5 heterocycles. The summed E-state index contributed by atoms with van der Waals surface area (Å²) in [4.78, 5) is 42.0. The predicted molar refractivity (Wildman–Crippen MR) is 127 cm³/mol. The van der Waals surface area contributed by atoms with Crippen molar-refractivity contribution in [3.63, 3.8) is 0 Å². The minimum absolute atomic E-state index is 0.125. The first-order valence-electron chi connectivity index (χ1n) is 11.5. The van der Waals surface area contributed by atoms with Crippen molar-refractivity contribution in [2.45, 2.75) is 31.9 Å². The van der Waals surface area contributed by atoms with E-state index in [4.69, 9.17) is 4.74 Å². The van der Waals surface area contributed by atoms with Gasteiger partial charge in [-0.2, -0.15) is 0 Å². The molecule has 172 valence electrons. The monoisotopic (exact) mass is 448 g/mol. The number of pyridine rings is 1. The van der Waals surface area contributed by atoms with Crippen LogP contribution in [0.2, 0.25) is 0 Å². The van der Waals surface area contributed by atoms with Crippen molar-refractivity contribution in [2.24, 2.45) is 9.98 Å². The highest BCUT2D eigenvalue weighted by atomic mass is 16.5. The molecule has 4 aliphatic heterocycles. The number of carbonyl (C=O) groups excluding carboxylic acids is 2. The number of fused-ring (bicyclic) bond motifs is 1. The van der Waals surface area contributed by atoms with Crippen LogP contribution in [0.5, 0.6) is 0 Å². The Hall–Kier alpha value is -3.17. The fraction of sp³-hybridized carbons (Fsp3) is 0.458. The number of carbonyl (C=O) groups is 2. The van der Waals surface area contributed by atoms with Gasteiger partial charge < -0.3 is 15.0 Å². The molecule has 1 aromatic rings. The number of aliphatic imine (C=N–C) groups is 2. The van der Waals surface area contributed by atoms with E-state index in [1.165, 1.54) is 0 Å². The van der Waals surface area contributed by atoms with E-state index in [2.05, 4.69) is 30.1 Å². The zero-order valence-corrected chi connectivity index (χ0v) is 18.7. The van der Waals surface area contributed by atoms with Crippen molar-refractivity contribution in [1.29, 1.82) is 0 Å². The molecule has 2 saturated heterocycles. The van der Waals surface area contributed by atoms with Crippen molar-refractivity contribution in [2.75, 3.05) is 49.5 Å². The highest BCUT2D eigenvalue weighted by molar-refractivity contribution is 6.16. The topological polar surface area (TPSA) is 99.5 Å². The maximum atomic E-state index is 12.1. The second-order valence-corrected chi connectivity index (χ2v) is 8.63. The molecule has 5 rings (SSSR count). The molecule has 2 fully saturated rings. The van der Waals surface area contributed by atoms with Crippen molar-refractivity contribution < 1.29 is 14.3 Å². The van der Waals surface area contributed by atoms with E-state index in [0.29, 0.717) is 18.8 Å². The van der Waals surface area contributed by atoms with Crippen molar-refractivity contribution in [3.05, 3.63) is 41.6 Å². The van der Waals surface area contributed by atoms with Gasteiger partial charge in [0, 0.05) is 50.9 Å². The Kier molecular flexibility index (Phi) is 6.15. The van der Waals surface area contributed by atoms with E-state index in [1.54, 1.807) is 6.20 Å².